The fourth-order valence-electron chi connectivity index (χ4n) is 2.58. The van der Waals surface area contributed by atoms with Crippen molar-refractivity contribution < 1.29 is 9.59 Å². The van der Waals surface area contributed by atoms with Crippen LogP contribution in [0.3, 0.4) is 0 Å². The molecule has 1 aromatic rings. The zero-order valence-corrected chi connectivity index (χ0v) is 14.8. The first-order chi connectivity index (χ1) is 11.1. The summed E-state index contributed by atoms with van der Waals surface area (Å²) in [6.07, 6.45) is 4.37. The number of hydrogen-bond donors (Lipinski definition) is 1. The average molecular weight is 334 g/mol. The van der Waals surface area contributed by atoms with E-state index in [1.165, 1.54) is 0 Å². The molecular weight excluding hydrogens is 308 g/mol. The number of nitrogens with one attached hydrogen (secondary N) is 1. The minimum Gasteiger partial charge on any atom is -0.339 e. The molecule has 23 heavy (non-hydrogen) atoms. The van der Waals surface area contributed by atoms with Crippen LogP contribution in [0.4, 0.5) is 5.69 Å². The van der Waals surface area contributed by atoms with E-state index in [4.69, 9.17) is 0 Å². The van der Waals surface area contributed by atoms with Gasteiger partial charge in [-0.3, -0.25) is 9.59 Å². The Kier molecular flexibility index (Phi) is 6.96. The SMILES string of the molecule is CCCCS[C@@H](C)C(=O)Nc1ccccc1C(=O)N1CCCC1. The van der Waals surface area contributed by atoms with Gasteiger partial charge >= 0.3 is 0 Å². The van der Waals surface area contributed by atoms with Crippen LogP contribution in [0.15, 0.2) is 24.3 Å². The molecular formula is C18H26N2O2S. The highest BCUT2D eigenvalue weighted by Crippen LogP contribution is 2.22. The Balaban J connectivity index is 2.02. The topological polar surface area (TPSA) is 49.4 Å². The maximum absolute atomic E-state index is 12.6. The molecule has 2 amide bonds. The average Bonchev–Trinajstić information content (AvgIpc) is 3.09. The largest absolute Gasteiger partial charge is 0.339 e. The molecule has 1 atom stereocenters. The van der Waals surface area contributed by atoms with Gasteiger partial charge in [0.2, 0.25) is 5.91 Å². The number of thioether (sulfide) groups is 1. The number of anilines is 1. The highest BCUT2D eigenvalue weighted by molar-refractivity contribution is 8.00. The van der Waals surface area contributed by atoms with E-state index in [2.05, 4.69) is 12.2 Å². The van der Waals surface area contributed by atoms with Crippen molar-refractivity contribution in [3.63, 3.8) is 0 Å². The molecule has 1 aliphatic heterocycles. The number of hydrogen-bond acceptors (Lipinski definition) is 3. The summed E-state index contributed by atoms with van der Waals surface area (Å²) in [4.78, 5) is 26.8. The summed E-state index contributed by atoms with van der Waals surface area (Å²) in [6.45, 7) is 5.68. The first kappa shape index (κ1) is 17.9. The van der Waals surface area contributed by atoms with Crippen LogP contribution < -0.4 is 5.32 Å². The number of amides is 2. The maximum atomic E-state index is 12.6. The minimum absolute atomic E-state index is 0.0182. The summed E-state index contributed by atoms with van der Waals surface area (Å²) in [5, 5.41) is 2.82. The molecule has 2 rings (SSSR count). The van der Waals surface area contributed by atoms with Gasteiger partial charge in [-0.2, -0.15) is 0 Å². The number of para-hydroxylation sites is 1. The number of nitrogens with zero attached hydrogens (tertiary/aromatic N) is 1. The molecule has 0 bridgehead atoms. The van der Waals surface area contributed by atoms with Gasteiger partial charge < -0.3 is 10.2 Å². The summed E-state index contributed by atoms with van der Waals surface area (Å²) in [6, 6.07) is 7.31. The molecule has 126 valence electrons. The Bertz CT molecular complexity index is 542. The van der Waals surface area contributed by atoms with Crippen LogP contribution in [0, 0.1) is 0 Å². The van der Waals surface area contributed by atoms with Gasteiger partial charge in [0.05, 0.1) is 16.5 Å². The highest BCUT2D eigenvalue weighted by atomic mass is 32.2. The summed E-state index contributed by atoms with van der Waals surface area (Å²) >= 11 is 1.66. The van der Waals surface area contributed by atoms with Crippen molar-refractivity contribution in [3.8, 4) is 0 Å². The quantitative estimate of drug-likeness (QED) is 0.772. The minimum atomic E-state index is -0.114. The summed E-state index contributed by atoms with van der Waals surface area (Å²) in [5.41, 5.74) is 1.21. The van der Waals surface area contributed by atoms with Gasteiger partial charge in [-0.05, 0) is 44.1 Å². The van der Waals surface area contributed by atoms with Gasteiger partial charge in [-0.15, -0.1) is 11.8 Å². The van der Waals surface area contributed by atoms with Crippen molar-refractivity contribution in [2.24, 2.45) is 0 Å². The zero-order chi connectivity index (χ0) is 16.7. The van der Waals surface area contributed by atoms with Crippen molar-refractivity contribution in [3.05, 3.63) is 29.8 Å². The molecule has 0 radical (unpaired) electrons. The Morgan fingerprint density at radius 1 is 1.26 bits per heavy atom. The van der Waals surface area contributed by atoms with E-state index < -0.39 is 0 Å². The second-order valence-electron chi connectivity index (χ2n) is 5.90. The van der Waals surface area contributed by atoms with Crippen LogP contribution in [0.2, 0.25) is 0 Å². The Morgan fingerprint density at radius 3 is 2.65 bits per heavy atom. The summed E-state index contributed by atoms with van der Waals surface area (Å²) in [5.74, 6) is 0.969. The second kappa shape index (κ2) is 8.96. The van der Waals surface area contributed by atoms with E-state index in [0.717, 1.165) is 44.5 Å². The molecule has 1 saturated heterocycles. The molecule has 1 fully saturated rings. The molecule has 0 spiro atoms. The van der Waals surface area contributed by atoms with Gasteiger partial charge in [0, 0.05) is 13.1 Å². The molecule has 1 aliphatic rings. The molecule has 1 N–H and O–H groups in total. The Hall–Kier alpha value is -1.49. The van der Waals surface area contributed by atoms with Crippen molar-refractivity contribution >= 4 is 29.3 Å². The van der Waals surface area contributed by atoms with Crippen molar-refractivity contribution in [1.82, 2.24) is 4.90 Å². The third-order valence-electron chi connectivity index (χ3n) is 4.04. The van der Waals surface area contributed by atoms with E-state index in [1.807, 2.05) is 30.0 Å². The van der Waals surface area contributed by atoms with E-state index in [0.29, 0.717) is 11.3 Å². The molecule has 5 heteroatoms. The molecule has 0 aliphatic carbocycles. The lowest BCUT2D eigenvalue weighted by atomic mass is 10.1. The first-order valence-corrected chi connectivity index (χ1v) is 9.49. The number of benzene rings is 1. The lowest BCUT2D eigenvalue weighted by Gasteiger charge is -2.19. The molecule has 0 saturated carbocycles. The van der Waals surface area contributed by atoms with Gasteiger partial charge in [0.15, 0.2) is 0 Å². The molecule has 4 nitrogen and oxygen atoms in total. The third-order valence-corrected chi connectivity index (χ3v) is 5.28. The smallest absolute Gasteiger partial charge is 0.255 e. The number of likely N-dealkylation sites (tertiary alicyclic amines) is 1. The van der Waals surface area contributed by atoms with Crippen LogP contribution in [-0.2, 0) is 4.79 Å². The van der Waals surface area contributed by atoms with Crippen LogP contribution in [-0.4, -0.2) is 40.8 Å². The Morgan fingerprint density at radius 2 is 1.96 bits per heavy atom. The highest BCUT2D eigenvalue weighted by Gasteiger charge is 2.23. The lowest BCUT2D eigenvalue weighted by Crippen LogP contribution is -2.30. The van der Waals surface area contributed by atoms with Crippen LogP contribution >= 0.6 is 11.8 Å². The van der Waals surface area contributed by atoms with E-state index in [9.17, 15) is 9.59 Å². The fourth-order valence-corrected chi connectivity index (χ4v) is 3.60. The lowest BCUT2D eigenvalue weighted by molar-refractivity contribution is -0.115. The van der Waals surface area contributed by atoms with Crippen molar-refractivity contribution in [1.29, 1.82) is 0 Å². The van der Waals surface area contributed by atoms with Gasteiger partial charge in [0.25, 0.3) is 5.91 Å². The number of rotatable bonds is 7. The molecule has 0 unspecified atom stereocenters. The number of unbranched alkanes of at least 4 members (excludes halogenated alkanes) is 1. The number of carbonyl (C=O) groups excluding carboxylic acids is 2. The molecule has 1 heterocycles. The second-order valence-corrected chi connectivity index (χ2v) is 7.35. The summed E-state index contributed by atoms with van der Waals surface area (Å²) < 4.78 is 0. The Labute approximate surface area is 143 Å². The standard InChI is InChI=1S/C18H26N2O2S/c1-3-4-13-23-14(2)17(21)19-16-10-6-5-9-15(16)18(22)20-11-7-8-12-20/h5-6,9-10,14H,3-4,7-8,11-13H2,1-2H3,(H,19,21)/t14-/m0/s1. The first-order valence-electron chi connectivity index (χ1n) is 8.44. The maximum Gasteiger partial charge on any atom is 0.255 e. The monoisotopic (exact) mass is 334 g/mol. The van der Waals surface area contributed by atoms with E-state index in [-0.39, 0.29) is 17.1 Å². The molecule has 0 aromatic heterocycles. The van der Waals surface area contributed by atoms with Crippen LogP contribution in [0.1, 0.15) is 49.9 Å². The third kappa shape index (κ3) is 4.99. The fraction of sp³-hybridized carbons (Fsp3) is 0.556. The van der Waals surface area contributed by atoms with Crippen LogP contribution in [0.5, 0.6) is 0 Å². The van der Waals surface area contributed by atoms with Gasteiger partial charge in [0.1, 0.15) is 0 Å². The summed E-state index contributed by atoms with van der Waals surface area (Å²) in [7, 11) is 0. The normalized spacial score (nSPS) is 15.5. The van der Waals surface area contributed by atoms with Gasteiger partial charge in [-0.1, -0.05) is 25.5 Å². The predicted molar refractivity (Wildman–Crippen MR) is 97.0 cm³/mol. The van der Waals surface area contributed by atoms with Crippen molar-refractivity contribution in [2.75, 3.05) is 24.2 Å². The van der Waals surface area contributed by atoms with E-state index >= 15 is 0 Å². The van der Waals surface area contributed by atoms with Gasteiger partial charge in [-0.25, -0.2) is 0 Å². The van der Waals surface area contributed by atoms with Crippen LogP contribution in [0.25, 0.3) is 0 Å². The zero-order valence-electron chi connectivity index (χ0n) is 14.0. The number of carbonyl (C=O) groups is 2. The van der Waals surface area contributed by atoms with E-state index in [1.54, 1.807) is 17.8 Å². The predicted octanol–water partition coefficient (Wildman–Crippen LogP) is 3.78. The molecule has 1 aromatic carbocycles. The van der Waals surface area contributed by atoms with Crippen molar-refractivity contribution in [2.45, 2.75) is 44.8 Å².